The van der Waals surface area contributed by atoms with Crippen molar-refractivity contribution in [1.82, 2.24) is 5.32 Å². The van der Waals surface area contributed by atoms with Gasteiger partial charge < -0.3 is 14.9 Å². The van der Waals surface area contributed by atoms with Gasteiger partial charge in [0.25, 0.3) is 5.91 Å². The summed E-state index contributed by atoms with van der Waals surface area (Å²) in [5, 5.41) is 6.41. The maximum atomic E-state index is 12.5. The molecule has 3 aromatic rings. The van der Waals surface area contributed by atoms with Crippen LogP contribution in [-0.4, -0.2) is 31.6 Å². The molecule has 0 heterocycles. The van der Waals surface area contributed by atoms with Crippen LogP contribution in [-0.2, 0) is 16.2 Å². The second-order valence-electron chi connectivity index (χ2n) is 6.37. The van der Waals surface area contributed by atoms with Gasteiger partial charge in [-0.05, 0) is 29.8 Å². The van der Waals surface area contributed by atoms with Crippen LogP contribution >= 0.6 is 0 Å². The molecule has 0 atom stereocenters. The zero-order chi connectivity index (χ0) is 21.3. The monoisotopic (exact) mass is 402 g/mol. The molecule has 0 aliphatic rings. The Morgan fingerprint density at radius 2 is 1.50 bits per heavy atom. The molecule has 0 unspecified atom stereocenters. The van der Waals surface area contributed by atoms with E-state index in [1.165, 1.54) is 14.2 Å². The van der Waals surface area contributed by atoms with Gasteiger partial charge in [0.1, 0.15) is 19.5 Å². The van der Waals surface area contributed by atoms with Gasteiger partial charge in [0.15, 0.2) is 11.5 Å². The van der Waals surface area contributed by atoms with Crippen LogP contribution < -0.4 is 10.1 Å². The van der Waals surface area contributed by atoms with Gasteiger partial charge >= 0.3 is 0 Å². The molecule has 0 fully saturated rings. The van der Waals surface area contributed by atoms with Gasteiger partial charge in [-0.3, -0.25) is 9.59 Å². The number of ether oxygens (including phenoxy) is 1. The van der Waals surface area contributed by atoms with E-state index in [0.717, 1.165) is 5.56 Å². The van der Waals surface area contributed by atoms with Crippen molar-refractivity contribution >= 4 is 17.4 Å². The second kappa shape index (κ2) is 10.0. The molecule has 6 nitrogen and oxygen atoms in total. The summed E-state index contributed by atoms with van der Waals surface area (Å²) in [6.07, 6.45) is 0. The van der Waals surface area contributed by atoms with Crippen molar-refractivity contribution in [1.29, 1.82) is 0 Å². The number of ketones is 1. The van der Waals surface area contributed by atoms with Gasteiger partial charge in [0, 0.05) is 23.7 Å². The Morgan fingerprint density at radius 3 is 2.17 bits per heavy atom. The Morgan fingerprint density at radius 1 is 0.867 bits per heavy atom. The van der Waals surface area contributed by atoms with E-state index in [-0.39, 0.29) is 24.0 Å². The van der Waals surface area contributed by atoms with Gasteiger partial charge in [0.2, 0.25) is 0 Å². The summed E-state index contributed by atoms with van der Waals surface area (Å²) in [5.74, 6) is 0.214. The van der Waals surface area contributed by atoms with E-state index in [1.807, 2.05) is 36.4 Å². The van der Waals surface area contributed by atoms with E-state index in [4.69, 9.17) is 9.57 Å². The maximum Gasteiger partial charge on any atom is 0.273 e. The number of amides is 1. The van der Waals surface area contributed by atoms with Gasteiger partial charge in [-0.1, -0.05) is 59.8 Å². The molecule has 3 aromatic carbocycles. The number of likely N-dealkylation sites (N-methyl/N-ethyl adjacent to an activating group) is 1. The number of carbonyl (C=O) groups excluding carboxylic acids is 2. The summed E-state index contributed by atoms with van der Waals surface area (Å²) in [6, 6.07) is 23.4. The van der Waals surface area contributed by atoms with E-state index in [0.29, 0.717) is 22.4 Å². The van der Waals surface area contributed by atoms with Crippen molar-refractivity contribution in [2.24, 2.45) is 5.16 Å². The molecule has 0 saturated carbocycles. The van der Waals surface area contributed by atoms with E-state index >= 15 is 0 Å². The van der Waals surface area contributed by atoms with Gasteiger partial charge in [0.05, 0.1) is 0 Å². The topological polar surface area (TPSA) is 77.0 Å². The van der Waals surface area contributed by atoms with Crippen molar-refractivity contribution in [3.05, 3.63) is 101 Å². The van der Waals surface area contributed by atoms with Crippen LogP contribution in [0.5, 0.6) is 5.75 Å². The zero-order valence-electron chi connectivity index (χ0n) is 16.8. The normalized spacial score (nSPS) is 10.9. The van der Waals surface area contributed by atoms with Crippen LogP contribution in [0, 0.1) is 0 Å². The van der Waals surface area contributed by atoms with Crippen molar-refractivity contribution in [3.8, 4) is 5.75 Å². The number of hydrogen-bond donors (Lipinski definition) is 1. The highest BCUT2D eigenvalue weighted by Crippen LogP contribution is 2.19. The molecule has 0 radical (unpaired) electrons. The number of hydrogen-bond acceptors (Lipinski definition) is 5. The fourth-order valence-corrected chi connectivity index (χ4v) is 2.92. The van der Waals surface area contributed by atoms with E-state index < -0.39 is 0 Å². The molecule has 0 saturated heterocycles. The predicted octanol–water partition coefficient (Wildman–Crippen LogP) is 3.59. The average molecular weight is 402 g/mol. The molecule has 6 heteroatoms. The molecule has 3 rings (SSSR count). The summed E-state index contributed by atoms with van der Waals surface area (Å²) >= 11 is 0. The zero-order valence-corrected chi connectivity index (χ0v) is 16.8. The van der Waals surface area contributed by atoms with Crippen LogP contribution in [0.1, 0.15) is 27.0 Å². The first-order chi connectivity index (χ1) is 14.6. The Balaban J connectivity index is 1.74. The third-order valence-corrected chi connectivity index (χ3v) is 4.44. The fraction of sp³-hybridized carbons (Fsp3) is 0.125. The summed E-state index contributed by atoms with van der Waals surface area (Å²) < 4.78 is 5.88. The standard InChI is InChI=1S/C24H22N2O4/c1-25-24(28)22(26-29-2)21-11-7-6-10-19(21)16-30-20-14-12-18(13-15-20)23(27)17-8-4-3-5-9-17/h3-15H,16H2,1-2H3,(H,25,28)/b26-22-. The molecule has 0 aromatic heterocycles. The largest absolute Gasteiger partial charge is 0.489 e. The van der Waals surface area contributed by atoms with Crippen molar-refractivity contribution in [3.63, 3.8) is 0 Å². The van der Waals surface area contributed by atoms with Gasteiger partial charge in [-0.25, -0.2) is 0 Å². The quantitative estimate of drug-likeness (QED) is 0.355. The van der Waals surface area contributed by atoms with Gasteiger partial charge in [-0.15, -0.1) is 0 Å². The van der Waals surface area contributed by atoms with Crippen LogP contribution in [0.3, 0.4) is 0 Å². The van der Waals surface area contributed by atoms with Crippen LogP contribution in [0.4, 0.5) is 0 Å². The van der Waals surface area contributed by atoms with E-state index in [2.05, 4.69) is 10.5 Å². The predicted molar refractivity (Wildman–Crippen MR) is 115 cm³/mol. The van der Waals surface area contributed by atoms with Crippen molar-refractivity contribution in [2.45, 2.75) is 6.61 Å². The Labute approximate surface area is 175 Å². The lowest BCUT2D eigenvalue weighted by Crippen LogP contribution is -2.29. The molecule has 1 N–H and O–H groups in total. The number of rotatable bonds is 8. The highest BCUT2D eigenvalue weighted by atomic mass is 16.6. The Kier molecular flexibility index (Phi) is 6.95. The number of benzene rings is 3. The first-order valence-electron chi connectivity index (χ1n) is 9.38. The Bertz CT molecular complexity index is 1040. The highest BCUT2D eigenvalue weighted by molar-refractivity contribution is 6.45. The van der Waals surface area contributed by atoms with Crippen LogP contribution in [0.2, 0.25) is 0 Å². The Hall–Kier alpha value is -3.93. The van der Waals surface area contributed by atoms with Crippen molar-refractivity contribution in [2.75, 3.05) is 14.2 Å². The fourth-order valence-electron chi connectivity index (χ4n) is 2.92. The molecule has 30 heavy (non-hydrogen) atoms. The molecule has 152 valence electrons. The lowest BCUT2D eigenvalue weighted by atomic mass is 10.0. The third kappa shape index (κ3) is 4.91. The molecule has 0 bridgehead atoms. The number of oxime groups is 1. The summed E-state index contributed by atoms with van der Waals surface area (Å²) in [4.78, 5) is 29.5. The second-order valence-corrected chi connectivity index (χ2v) is 6.37. The summed E-state index contributed by atoms with van der Waals surface area (Å²) in [6.45, 7) is 0.224. The molecule has 0 aliphatic carbocycles. The minimum absolute atomic E-state index is 0.0431. The molecule has 0 aliphatic heterocycles. The molecular weight excluding hydrogens is 380 g/mol. The molecular formula is C24H22N2O4. The minimum Gasteiger partial charge on any atom is -0.489 e. The summed E-state index contributed by atoms with van der Waals surface area (Å²) in [7, 11) is 2.92. The van der Waals surface area contributed by atoms with E-state index in [1.54, 1.807) is 42.5 Å². The summed E-state index contributed by atoms with van der Waals surface area (Å²) in [5.41, 5.74) is 2.79. The lowest BCUT2D eigenvalue weighted by molar-refractivity contribution is -0.114. The minimum atomic E-state index is -0.354. The number of nitrogens with zero attached hydrogens (tertiary/aromatic N) is 1. The first-order valence-corrected chi connectivity index (χ1v) is 9.38. The van der Waals surface area contributed by atoms with Gasteiger partial charge in [-0.2, -0.15) is 0 Å². The average Bonchev–Trinajstić information content (AvgIpc) is 2.81. The first kappa shape index (κ1) is 20.8. The van der Waals surface area contributed by atoms with Crippen LogP contribution in [0.15, 0.2) is 84.0 Å². The third-order valence-electron chi connectivity index (χ3n) is 4.44. The van der Waals surface area contributed by atoms with Crippen LogP contribution in [0.25, 0.3) is 0 Å². The maximum absolute atomic E-state index is 12.5. The lowest BCUT2D eigenvalue weighted by Gasteiger charge is -2.12. The smallest absolute Gasteiger partial charge is 0.273 e. The molecule has 0 spiro atoms. The highest BCUT2D eigenvalue weighted by Gasteiger charge is 2.17. The SMILES string of the molecule is CNC(=O)/C(=N\OC)c1ccccc1COc1ccc(C(=O)c2ccccc2)cc1. The van der Waals surface area contributed by atoms with Crippen molar-refractivity contribution < 1.29 is 19.2 Å². The molecule has 1 amide bonds. The number of carbonyl (C=O) groups is 2. The number of nitrogens with one attached hydrogen (secondary N) is 1. The van der Waals surface area contributed by atoms with E-state index in [9.17, 15) is 9.59 Å².